The van der Waals surface area contributed by atoms with Crippen LogP contribution >= 0.6 is 0 Å². The van der Waals surface area contributed by atoms with E-state index in [0.29, 0.717) is 30.0 Å². The molecule has 0 aliphatic carbocycles. The highest BCUT2D eigenvalue weighted by Gasteiger charge is 2.24. The molecule has 2 amide bonds. The third-order valence-corrected chi connectivity index (χ3v) is 6.44. The Kier molecular flexibility index (Phi) is 6.45. The van der Waals surface area contributed by atoms with Crippen LogP contribution in [0.25, 0.3) is 10.9 Å². The Morgan fingerprint density at radius 2 is 2.11 bits per heavy atom. The number of carbonyl (C=O) groups is 2. The van der Waals surface area contributed by atoms with Gasteiger partial charge in [-0.25, -0.2) is 9.37 Å². The number of amides is 2. The van der Waals surface area contributed by atoms with Gasteiger partial charge in [-0.3, -0.25) is 14.6 Å². The molecule has 1 fully saturated rings. The minimum absolute atomic E-state index is 0.0187. The minimum Gasteiger partial charge on any atom is -0.497 e. The van der Waals surface area contributed by atoms with Gasteiger partial charge in [0.1, 0.15) is 17.3 Å². The number of hydrogen-bond donors (Lipinski definition) is 2. The standard InChI is InChI=1S/C25H26FN5O4/c1-34-16-2-3-20-18(12-16)17(19(26)13-27-20)8-11-31-9-6-15(7-10-31)28-25(33)21-4-5-22-24(29-21)30-23(32)14-35-22/h2-5,12-13,15H,6-11,14H2,1H3,(H,28,33)(H,29,30,32). The summed E-state index contributed by atoms with van der Waals surface area (Å²) in [5.41, 5.74) is 1.61. The zero-order chi connectivity index (χ0) is 24.4. The molecule has 2 aliphatic rings. The Balaban J connectivity index is 1.16. The lowest BCUT2D eigenvalue weighted by atomic mass is 10.0. The zero-order valence-electron chi connectivity index (χ0n) is 19.3. The van der Waals surface area contributed by atoms with Crippen LogP contribution in [0.3, 0.4) is 0 Å². The highest BCUT2D eigenvalue weighted by Crippen LogP contribution is 2.26. The number of methoxy groups -OCH3 is 1. The lowest BCUT2D eigenvalue weighted by molar-refractivity contribution is -0.118. The van der Waals surface area contributed by atoms with Crippen LogP contribution in [-0.4, -0.2) is 66.1 Å². The second kappa shape index (κ2) is 9.83. The molecular weight excluding hydrogens is 453 g/mol. The number of pyridine rings is 2. The van der Waals surface area contributed by atoms with E-state index in [9.17, 15) is 14.0 Å². The lowest BCUT2D eigenvalue weighted by Crippen LogP contribution is -2.45. The first kappa shape index (κ1) is 23.0. The van der Waals surface area contributed by atoms with Crippen LogP contribution in [0.4, 0.5) is 10.2 Å². The Morgan fingerprint density at radius 3 is 2.91 bits per heavy atom. The van der Waals surface area contributed by atoms with Crippen LogP contribution < -0.4 is 20.1 Å². The predicted molar refractivity (Wildman–Crippen MR) is 127 cm³/mol. The largest absolute Gasteiger partial charge is 0.497 e. The first-order valence-corrected chi connectivity index (χ1v) is 11.6. The highest BCUT2D eigenvalue weighted by atomic mass is 19.1. The van der Waals surface area contributed by atoms with Gasteiger partial charge in [-0.1, -0.05) is 0 Å². The zero-order valence-corrected chi connectivity index (χ0v) is 19.3. The van der Waals surface area contributed by atoms with E-state index in [2.05, 4.69) is 25.5 Å². The quantitative estimate of drug-likeness (QED) is 0.560. The Labute approximate surface area is 201 Å². The number of ether oxygens (including phenoxy) is 2. The molecule has 2 N–H and O–H groups in total. The summed E-state index contributed by atoms with van der Waals surface area (Å²) in [6.45, 7) is 2.23. The maximum atomic E-state index is 14.6. The number of likely N-dealkylation sites (tertiary alicyclic amines) is 1. The van der Waals surface area contributed by atoms with Gasteiger partial charge in [0.25, 0.3) is 11.8 Å². The van der Waals surface area contributed by atoms with Gasteiger partial charge in [-0.15, -0.1) is 0 Å². The maximum Gasteiger partial charge on any atom is 0.270 e. The number of hydrogen-bond acceptors (Lipinski definition) is 7. The van der Waals surface area contributed by atoms with Crippen molar-refractivity contribution in [3.8, 4) is 11.5 Å². The second-order valence-corrected chi connectivity index (χ2v) is 8.69. The summed E-state index contributed by atoms with van der Waals surface area (Å²) in [6.07, 6.45) is 3.40. The van der Waals surface area contributed by atoms with Crippen LogP contribution in [0.5, 0.6) is 11.5 Å². The summed E-state index contributed by atoms with van der Waals surface area (Å²) < 4.78 is 25.2. The smallest absolute Gasteiger partial charge is 0.270 e. The van der Waals surface area contributed by atoms with Gasteiger partial charge in [0.15, 0.2) is 18.2 Å². The van der Waals surface area contributed by atoms with Crippen molar-refractivity contribution in [1.82, 2.24) is 20.2 Å². The fourth-order valence-corrected chi connectivity index (χ4v) is 4.50. The summed E-state index contributed by atoms with van der Waals surface area (Å²) in [7, 11) is 1.59. The number of benzene rings is 1. The summed E-state index contributed by atoms with van der Waals surface area (Å²) in [4.78, 5) is 34.9. The number of aromatic nitrogens is 2. The molecule has 3 aromatic rings. The van der Waals surface area contributed by atoms with Gasteiger partial charge in [0.05, 0.1) is 18.8 Å². The van der Waals surface area contributed by atoms with E-state index in [1.54, 1.807) is 19.2 Å². The molecule has 0 saturated carbocycles. The number of nitrogens with zero attached hydrogens (tertiary/aromatic N) is 3. The number of rotatable bonds is 6. The fraction of sp³-hybridized carbons (Fsp3) is 0.360. The SMILES string of the molecule is COc1ccc2ncc(F)c(CCN3CCC(NC(=O)c4ccc5c(n4)NC(=O)CO5)CC3)c2c1. The molecule has 0 atom stereocenters. The highest BCUT2D eigenvalue weighted by molar-refractivity contribution is 5.97. The number of anilines is 1. The van der Waals surface area contributed by atoms with Crippen LogP contribution in [0, 0.1) is 5.82 Å². The first-order valence-electron chi connectivity index (χ1n) is 11.6. The minimum atomic E-state index is -0.313. The first-order chi connectivity index (χ1) is 17.0. The topological polar surface area (TPSA) is 106 Å². The van der Waals surface area contributed by atoms with Gasteiger partial charge in [-0.05, 0) is 49.6 Å². The fourth-order valence-electron chi connectivity index (χ4n) is 4.50. The van der Waals surface area contributed by atoms with Crippen molar-refractivity contribution in [3.63, 3.8) is 0 Å². The van der Waals surface area contributed by atoms with Crippen molar-refractivity contribution in [1.29, 1.82) is 0 Å². The average Bonchev–Trinajstić information content (AvgIpc) is 2.88. The second-order valence-electron chi connectivity index (χ2n) is 8.69. The molecule has 182 valence electrons. The molecule has 2 aromatic heterocycles. The molecule has 35 heavy (non-hydrogen) atoms. The third-order valence-electron chi connectivity index (χ3n) is 6.44. The van der Waals surface area contributed by atoms with E-state index in [1.807, 2.05) is 18.2 Å². The molecule has 4 heterocycles. The Bertz CT molecular complexity index is 1280. The molecular formula is C25H26FN5O4. The molecule has 1 aromatic carbocycles. The number of piperidine rings is 1. The molecule has 1 saturated heterocycles. The van der Waals surface area contributed by atoms with Crippen molar-refractivity contribution in [2.45, 2.75) is 25.3 Å². The van der Waals surface area contributed by atoms with Crippen LogP contribution in [0.2, 0.25) is 0 Å². The Morgan fingerprint density at radius 1 is 1.29 bits per heavy atom. The summed E-state index contributed by atoms with van der Waals surface area (Å²) >= 11 is 0. The summed E-state index contributed by atoms with van der Waals surface area (Å²) in [5.74, 6) is 0.487. The van der Waals surface area contributed by atoms with Gasteiger partial charge in [-0.2, -0.15) is 0 Å². The van der Waals surface area contributed by atoms with E-state index in [-0.39, 0.29) is 41.8 Å². The van der Waals surface area contributed by atoms with E-state index >= 15 is 0 Å². The van der Waals surface area contributed by atoms with Crippen molar-refractivity contribution in [2.75, 3.05) is 38.7 Å². The third kappa shape index (κ3) is 5.02. The number of nitrogens with one attached hydrogen (secondary N) is 2. The lowest BCUT2D eigenvalue weighted by Gasteiger charge is -2.32. The predicted octanol–water partition coefficient (Wildman–Crippen LogP) is 2.55. The monoisotopic (exact) mass is 479 g/mol. The molecule has 5 rings (SSSR count). The summed E-state index contributed by atoms with van der Waals surface area (Å²) in [6, 6.07) is 8.73. The number of fused-ring (bicyclic) bond motifs is 2. The van der Waals surface area contributed by atoms with E-state index < -0.39 is 0 Å². The van der Waals surface area contributed by atoms with Gasteiger partial charge in [0, 0.05) is 36.6 Å². The van der Waals surface area contributed by atoms with Crippen LogP contribution in [0.1, 0.15) is 28.9 Å². The van der Waals surface area contributed by atoms with Gasteiger partial charge >= 0.3 is 0 Å². The molecule has 0 unspecified atom stereocenters. The van der Waals surface area contributed by atoms with Crippen molar-refractivity contribution in [2.24, 2.45) is 0 Å². The normalized spacial score (nSPS) is 16.3. The van der Waals surface area contributed by atoms with E-state index in [1.165, 1.54) is 6.20 Å². The van der Waals surface area contributed by atoms with Crippen LogP contribution in [-0.2, 0) is 11.2 Å². The molecule has 2 aliphatic heterocycles. The molecule has 10 heteroatoms. The molecule has 0 radical (unpaired) electrons. The maximum absolute atomic E-state index is 14.6. The van der Waals surface area contributed by atoms with Crippen molar-refractivity contribution in [3.05, 3.63) is 53.6 Å². The molecule has 9 nitrogen and oxygen atoms in total. The molecule has 0 bridgehead atoms. The average molecular weight is 480 g/mol. The van der Waals surface area contributed by atoms with Crippen molar-refractivity contribution < 1.29 is 23.5 Å². The Hall–Kier alpha value is -3.79. The van der Waals surface area contributed by atoms with E-state index in [0.717, 1.165) is 36.8 Å². The van der Waals surface area contributed by atoms with Crippen molar-refractivity contribution >= 4 is 28.5 Å². The van der Waals surface area contributed by atoms with Gasteiger partial charge < -0.3 is 25.0 Å². The number of carbonyl (C=O) groups excluding carboxylic acids is 2. The number of halogens is 1. The van der Waals surface area contributed by atoms with Crippen LogP contribution in [0.15, 0.2) is 36.5 Å². The summed E-state index contributed by atoms with van der Waals surface area (Å²) in [5, 5.41) is 6.41. The van der Waals surface area contributed by atoms with Gasteiger partial charge in [0.2, 0.25) is 0 Å². The van der Waals surface area contributed by atoms with E-state index in [4.69, 9.17) is 9.47 Å². The molecule has 0 spiro atoms.